The number of hydrogen-bond acceptors (Lipinski definition) is 4. The second kappa shape index (κ2) is 13.8. The highest BCUT2D eigenvalue weighted by molar-refractivity contribution is 8.00. The summed E-state index contributed by atoms with van der Waals surface area (Å²) >= 11 is 1.40. The summed E-state index contributed by atoms with van der Waals surface area (Å²) in [5.41, 5.74) is 2.70. The lowest BCUT2D eigenvalue weighted by molar-refractivity contribution is -0.114. The van der Waals surface area contributed by atoms with Crippen molar-refractivity contribution in [3.8, 4) is 0 Å². The van der Waals surface area contributed by atoms with Gasteiger partial charge in [-0.25, -0.2) is 0 Å². The summed E-state index contributed by atoms with van der Waals surface area (Å²) in [6.45, 7) is 0. The Hall–Kier alpha value is -5.66. The predicted octanol–water partition coefficient (Wildman–Crippen LogP) is 8.13. The first-order chi connectivity index (χ1) is 22.0. The lowest BCUT2D eigenvalue weighted by atomic mass is 10.0. The van der Waals surface area contributed by atoms with Crippen LogP contribution >= 0.6 is 11.8 Å². The Morgan fingerprint density at radius 2 is 1.22 bits per heavy atom. The van der Waals surface area contributed by atoms with Gasteiger partial charge in [0.05, 0.1) is 5.75 Å². The van der Waals surface area contributed by atoms with Crippen LogP contribution < -0.4 is 16.0 Å². The van der Waals surface area contributed by atoms with Gasteiger partial charge >= 0.3 is 0 Å². The molecular formula is C38H29N3O3S. The first-order valence-electron chi connectivity index (χ1n) is 14.4. The first kappa shape index (κ1) is 29.4. The van der Waals surface area contributed by atoms with E-state index in [1.807, 2.05) is 103 Å². The average molecular weight is 608 g/mol. The molecule has 0 unspecified atom stereocenters. The Kier molecular flexibility index (Phi) is 8.99. The van der Waals surface area contributed by atoms with Gasteiger partial charge in [0.15, 0.2) is 0 Å². The molecule has 0 radical (unpaired) electrons. The smallest absolute Gasteiger partial charge is 0.272 e. The summed E-state index contributed by atoms with van der Waals surface area (Å²) in [6.07, 6.45) is 1.69. The first-order valence-corrected chi connectivity index (χ1v) is 15.4. The maximum Gasteiger partial charge on any atom is 0.272 e. The van der Waals surface area contributed by atoms with Crippen molar-refractivity contribution in [2.24, 2.45) is 0 Å². The van der Waals surface area contributed by atoms with Gasteiger partial charge < -0.3 is 16.0 Å². The van der Waals surface area contributed by atoms with Gasteiger partial charge in [0.1, 0.15) is 5.70 Å². The monoisotopic (exact) mass is 607 g/mol. The van der Waals surface area contributed by atoms with Crippen LogP contribution in [0, 0.1) is 0 Å². The highest BCUT2D eigenvalue weighted by atomic mass is 32.2. The molecule has 220 valence electrons. The predicted molar refractivity (Wildman–Crippen MR) is 184 cm³/mol. The second-order valence-electron chi connectivity index (χ2n) is 10.3. The van der Waals surface area contributed by atoms with Gasteiger partial charge in [0, 0.05) is 27.2 Å². The van der Waals surface area contributed by atoms with E-state index in [1.54, 1.807) is 42.5 Å². The SMILES string of the molecule is O=C(CSc1ccc(NC(=O)/C(=C/c2cccc3ccccc23)NC(=O)c2ccccc2)cc1)Nc1cccc2ccccc12. The number of fused-ring (bicyclic) bond motifs is 2. The molecule has 0 spiro atoms. The van der Waals surface area contributed by atoms with Crippen LogP contribution in [0.4, 0.5) is 11.4 Å². The van der Waals surface area contributed by atoms with E-state index in [1.165, 1.54) is 11.8 Å². The Labute approximate surface area is 265 Å². The fraction of sp³-hybridized carbons (Fsp3) is 0.0263. The Bertz CT molecular complexity index is 2030. The van der Waals surface area contributed by atoms with Crippen LogP contribution in [0.5, 0.6) is 0 Å². The van der Waals surface area contributed by atoms with Crippen molar-refractivity contribution in [2.75, 3.05) is 16.4 Å². The van der Waals surface area contributed by atoms with Gasteiger partial charge in [-0.1, -0.05) is 97.1 Å². The summed E-state index contributed by atoms with van der Waals surface area (Å²) in [7, 11) is 0. The highest BCUT2D eigenvalue weighted by Gasteiger charge is 2.16. The van der Waals surface area contributed by atoms with Crippen molar-refractivity contribution < 1.29 is 14.4 Å². The van der Waals surface area contributed by atoms with Crippen LogP contribution in [0.3, 0.4) is 0 Å². The van der Waals surface area contributed by atoms with Crippen LogP contribution in [0.25, 0.3) is 27.6 Å². The molecule has 3 N–H and O–H groups in total. The average Bonchev–Trinajstić information content (AvgIpc) is 3.08. The van der Waals surface area contributed by atoms with Crippen LogP contribution in [0.2, 0.25) is 0 Å². The van der Waals surface area contributed by atoms with Crippen LogP contribution in [0.15, 0.2) is 150 Å². The van der Waals surface area contributed by atoms with E-state index in [4.69, 9.17) is 0 Å². The molecule has 0 heterocycles. The maximum atomic E-state index is 13.5. The molecule has 6 aromatic carbocycles. The zero-order valence-electron chi connectivity index (χ0n) is 24.2. The van der Waals surface area contributed by atoms with E-state index >= 15 is 0 Å². The molecule has 0 bridgehead atoms. The molecule has 45 heavy (non-hydrogen) atoms. The topological polar surface area (TPSA) is 87.3 Å². The van der Waals surface area contributed by atoms with Crippen molar-refractivity contribution in [3.05, 3.63) is 156 Å². The number of carbonyl (C=O) groups is 3. The van der Waals surface area contributed by atoms with Gasteiger partial charge in [-0.15, -0.1) is 11.8 Å². The summed E-state index contributed by atoms with van der Waals surface area (Å²) in [5.74, 6) is -0.711. The molecule has 0 fully saturated rings. The molecule has 7 heteroatoms. The molecule has 0 aromatic heterocycles. The summed E-state index contributed by atoms with van der Waals surface area (Å²) in [5, 5.41) is 12.8. The van der Waals surface area contributed by atoms with Gasteiger partial charge in [-0.2, -0.15) is 0 Å². The molecular weight excluding hydrogens is 579 g/mol. The normalized spacial score (nSPS) is 11.2. The van der Waals surface area contributed by atoms with Crippen LogP contribution in [-0.4, -0.2) is 23.5 Å². The molecule has 0 atom stereocenters. The van der Waals surface area contributed by atoms with E-state index in [-0.39, 0.29) is 23.3 Å². The van der Waals surface area contributed by atoms with Gasteiger partial charge in [0.2, 0.25) is 5.91 Å². The largest absolute Gasteiger partial charge is 0.325 e. The molecule has 0 aliphatic carbocycles. The minimum atomic E-state index is -0.456. The van der Waals surface area contributed by atoms with E-state index < -0.39 is 5.91 Å². The summed E-state index contributed by atoms with van der Waals surface area (Å²) < 4.78 is 0. The summed E-state index contributed by atoms with van der Waals surface area (Å²) in [6, 6.07) is 43.5. The highest BCUT2D eigenvalue weighted by Crippen LogP contribution is 2.25. The van der Waals surface area contributed by atoms with E-state index in [2.05, 4.69) is 16.0 Å². The van der Waals surface area contributed by atoms with Crippen molar-refractivity contribution in [1.29, 1.82) is 0 Å². The molecule has 0 saturated heterocycles. The van der Waals surface area contributed by atoms with Crippen molar-refractivity contribution in [2.45, 2.75) is 4.90 Å². The fourth-order valence-corrected chi connectivity index (χ4v) is 5.68. The Morgan fingerprint density at radius 1 is 0.600 bits per heavy atom. The third-order valence-corrected chi connectivity index (χ3v) is 8.21. The Morgan fingerprint density at radius 3 is 1.98 bits per heavy atom. The van der Waals surface area contributed by atoms with E-state index in [0.29, 0.717) is 11.3 Å². The number of nitrogens with one attached hydrogen (secondary N) is 3. The van der Waals surface area contributed by atoms with Gasteiger partial charge in [0.25, 0.3) is 11.8 Å². The number of carbonyl (C=O) groups excluding carboxylic acids is 3. The third kappa shape index (κ3) is 7.29. The Balaban J connectivity index is 1.14. The quantitative estimate of drug-likeness (QED) is 0.114. The molecule has 6 aromatic rings. The van der Waals surface area contributed by atoms with E-state index in [0.717, 1.165) is 37.7 Å². The van der Waals surface area contributed by atoms with Crippen LogP contribution in [0.1, 0.15) is 15.9 Å². The molecule has 6 rings (SSSR count). The van der Waals surface area contributed by atoms with Crippen molar-refractivity contribution in [1.82, 2.24) is 5.32 Å². The molecule has 0 aliphatic heterocycles. The van der Waals surface area contributed by atoms with Crippen molar-refractivity contribution in [3.63, 3.8) is 0 Å². The standard InChI is InChI=1S/C38H29N3O3S/c42-36(40-34-19-9-15-27-11-5-7-18-33(27)34)25-45-31-22-20-30(21-23-31)39-38(44)35(41-37(43)28-12-2-1-3-13-28)24-29-16-8-14-26-10-4-6-17-32(26)29/h1-24H,25H2,(H,39,44)(H,40,42)(H,41,43)/b35-24-. The number of amides is 3. The molecule has 0 saturated carbocycles. The third-order valence-electron chi connectivity index (χ3n) is 7.20. The molecule has 6 nitrogen and oxygen atoms in total. The zero-order valence-corrected chi connectivity index (χ0v) is 25.0. The minimum Gasteiger partial charge on any atom is -0.325 e. The lowest BCUT2D eigenvalue weighted by Gasteiger charge is -2.13. The molecule has 3 amide bonds. The van der Waals surface area contributed by atoms with E-state index in [9.17, 15) is 14.4 Å². The molecule has 0 aliphatic rings. The maximum absolute atomic E-state index is 13.5. The number of rotatable bonds is 9. The number of benzene rings is 6. The lowest BCUT2D eigenvalue weighted by Crippen LogP contribution is -2.30. The number of thioether (sulfide) groups is 1. The van der Waals surface area contributed by atoms with Gasteiger partial charge in [-0.05, 0) is 70.3 Å². The minimum absolute atomic E-state index is 0.105. The summed E-state index contributed by atoms with van der Waals surface area (Å²) in [4.78, 5) is 40.2. The van der Waals surface area contributed by atoms with Crippen LogP contribution in [-0.2, 0) is 9.59 Å². The fourth-order valence-electron chi connectivity index (χ4n) is 4.98. The zero-order chi connectivity index (χ0) is 31.0. The van der Waals surface area contributed by atoms with Gasteiger partial charge in [-0.3, -0.25) is 14.4 Å². The van der Waals surface area contributed by atoms with Crippen molar-refractivity contribution >= 4 is 68.5 Å². The number of hydrogen-bond donors (Lipinski definition) is 3. The second-order valence-corrected chi connectivity index (χ2v) is 11.3. The number of anilines is 2.